The number of sulfonamides is 1. The minimum Gasteiger partial charge on any atom is -0.263 e. The van der Waals surface area contributed by atoms with Crippen LogP contribution in [0.2, 0.25) is 0 Å². The molecule has 0 saturated carbocycles. The largest absolute Gasteiger partial charge is 0.451 e. The fourth-order valence-electron chi connectivity index (χ4n) is 1.21. The van der Waals surface area contributed by atoms with Crippen molar-refractivity contribution in [2.45, 2.75) is 17.3 Å². The lowest BCUT2D eigenvalue weighted by Crippen LogP contribution is -2.16. The molecule has 6 nitrogen and oxygen atoms in total. The predicted molar refractivity (Wildman–Crippen MR) is 64.7 cm³/mol. The number of nitrogens with one attached hydrogen (secondary N) is 1. The second kappa shape index (κ2) is 4.98. The Hall–Kier alpha value is -1.75. The monoisotopic (exact) mass is 324 g/mol. The van der Waals surface area contributed by atoms with E-state index in [-0.39, 0.29) is 4.21 Å². The van der Waals surface area contributed by atoms with E-state index in [0.29, 0.717) is 5.69 Å². The maximum absolute atomic E-state index is 12.4. The number of anilines is 1. The summed E-state index contributed by atoms with van der Waals surface area (Å²) in [7, 11) is -4.01. The molecule has 0 atom stereocenters. The molecule has 2 heterocycles. The van der Waals surface area contributed by atoms with Crippen LogP contribution in [-0.4, -0.2) is 22.8 Å². The fourth-order valence-corrected chi connectivity index (χ4v) is 3.16. The van der Waals surface area contributed by atoms with Gasteiger partial charge in [-0.2, -0.15) is 17.5 Å². The summed E-state index contributed by atoms with van der Waals surface area (Å²) in [5.41, 5.74) is 0.494. The van der Waals surface area contributed by atoms with Gasteiger partial charge in [-0.3, -0.25) is 4.72 Å². The van der Waals surface area contributed by atoms with Crippen molar-refractivity contribution in [3.63, 3.8) is 0 Å². The Morgan fingerprint density at radius 2 is 2.05 bits per heavy atom. The number of rotatable bonds is 3. The van der Waals surface area contributed by atoms with E-state index in [1.54, 1.807) is 6.92 Å². The molecule has 0 fully saturated rings. The van der Waals surface area contributed by atoms with Gasteiger partial charge in [0, 0.05) is 6.20 Å². The van der Waals surface area contributed by atoms with Gasteiger partial charge in [0.25, 0.3) is 10.0 Å². The summed E-state index contributed by atoms with van der Waals surface area (Å²) in [6.45, 7) is 1.60. The zero-order valence-electron chi connectivity index (χ0n) is 9.84. The molecule has 0 aromatic carbocycles. The topological polar surface area (TPSA) is 84.8 Å². The van der Waals surface area contributed by atoms with Crippen LogP contribution in [0.4, 0.5) is 19.0 Å². The van der Waals surface area contributed by atoms with Gasteiger partial charge in [-0.15, -0.1) is 0 Å². The van der Waals surface area contributed by atoms with Crippen molar-refractivity contribution >= 4 is 27.4 Å². The summed E-state index contributed by atoms with van der Waals surface area (Å²) >= 11 is 0.719. The van der Waals surface area contributed by atoms with Crippen molar-refractivity contribution in [1.82, 2.24) is 14.3 Å². The first-order valence-electron chi connectivity index (χ1n) is 5.05. The van der Waals surface area contributed by atoms with E-state index in [1.165, 1.54) is 6.07 Å². The minimum atomic E-state index is -4.75. The van der Waals surface area contributed by atoms with Gasteiger partial charge in [0.15, 0.2) is 4.21 Å². The van der Waals surface area contributed by atoms with Gasteiger partial charge in [0.2, 0.25) is 5.82 Å². The summed E-state index contributed by atoms with van der Waals surface area (Å²) < 4.78 is 66.7. The van der Waals surface area contributed by atoms with Gasteiger partial charge in [-0.05, 0) is 30.6 Å². The molecule has 108 valence electrons. The standard InChI is InChI=1S/C9H7F3N4O2S2/c1-5-4-7(19-15-5)20(17,18)16-6-2-3-13-8(14-6)9(10,11)12/h2-4H,1H3,(H,13,14,16). The summed E-state index contributed by atoms with van der Waals surface area (Å²) in [6.07, 6.45) is -3.92. The van der Waals surface area contributed by atoms with Crippen molar-refractivity contribution < 1.29 is 21.6 Å². The average molecular weight is 324 g/mol. The molecule has 2 rings (SSSR count). The molecule has 0 spiro atoms. The van der Waals surface area contributed by atoms with Crippen LogP contribution in [0.1, 0.15) is 11.5 Å². The lowest BCUT2D eigenvalue weighted by molar-refractivity contribution is -0.144. The normalized spacial score (nSPS) is 12.4. The minimum absolute atomic E-state index is 0.109. The van der Waals surface area contributed by atoms with E-state index in [0.717, 1.165) is 23.8 Å². The Bertz CT molecular complexity index is 727. The van der Waals surface area contributed by atoms with Gasteiger partial charge < -0.3 is 0 Å². The van der Waals surface area contributed by atoms with Gasteiger partial charge in [-0.25, -0.2) is 18.4 Å². The Morgan fingerprint density at radius 1 is 1.35 bits per heavy atom. The molecular weight excluding hydrogens is 317 g/mol. The predicted octanol–water partition coefficient (Wildman–Crippen LogP) is 2.06. The second-order valence-electron chi connectivity index (χ2n) is 3.66. The lowest BCUT2D eigenvalue weighted by Gasteiger charge is -2.08. The molecule has 0 aliphatic carbocycles. The average Bonchev–Trinajstić information content (AvgIpc) is 2.75. The van der Waals surface area contributed by atoms with Crippen LogP contribution in [0.15, 0.2) is 22.5 Å². The molecule has 2 aromatic heterocycles. The molecule has 1 N–H and O–H groups in total. The number of aromatic nitrogens is 3. The molecule has 0 radical (unpaired) electrons. The van der Waals surface area contributed by atoms with Gasteiger partial charge >= 0.3 is 6.18 Å². The molecule has 0 bridgehead atoms. The van der Waals surface area contributed by atoms with Crippen LogP contribution >= 0.6 is 11.5 Å². The molecule has 0 aliphatic heterocycles. The summed E-state index contributed by atoms with van der Waals surface area (Å²) in [5.74, 6) is -1.88. The third kappa shape index (κ3) is 3.22. The first-order chi connectivity index (χ1) is 9.18. The zero-order chi connectivity index (χ0) is 15.0. The van der Waals surface area contributed by atoms with Crippen LogP contribution in [0.25, 0.3) is 0 Å². The van der Waals surface area contributed by atoms with Crippen molar-refractivity contribution in [2.75, 3.05) is 4.72 Å². The van der Waals surface area contributed by atoms with Crippen LogP contribution in [0.5, 0.6) is 0 Å². The molecule has 0 saturated heterocycles. The summed E-state index contributed by atoms with van der Waals surface area (Å²) in [5, 5.41) is 0. The van der Waals surface area contributed by atoms with Crippen LogP contribution in [0.3, 0.4) is 0 Å². The van der Waals surface area contributed by atoms with Crippen LogP contribution < -0.4 is 4.72 Å². The molecule has 20 heavy (non-hydrogen) atoms. The lowest BCUT2D eigenvalue weighted by atomic mass is 10.5. The van der Waals surface area contributed by atoms with E-state index in [4.69, 9.17) is 0 Å². The van der Waals surface area contributed by atoms with Crippen molar-refractivity contribution in [3.05, 3.63) is 29.8 Å². The van der Waals surface area contributed by atoms with E-state index in [1.807, 2.05) is 4.72 Å². The number of alkyl halides is 3. The van der Waals surface area contributed by atoms with Gasteiger partial charge in [0.05, 0.1) is 5.69 Å². The van der Waals surface area contributed by atoms with E-state index in [9.17, 15) is 21.6 Å². The molecule has 0 aliphatic rings. The molecule has 0 unspecified atom stereocenters. The van der Waals surface area contributed by atoms with Gasteiger partial charge in [-0.1, -0.05) is 0 Å². The summed E-state index contributed by atoms with van der Waals surface area (Å²) in [6, 6.07) is 2.33. The highest BCUT2D eigenvalue weighted by Crippen LogP contribution is 2.27. The van der Waals surface area contributed by atoms with Crippen LogP contribution in [-0.2, 0) is 16.2 Å². The Balaban J connectivity index is 2.31. The van der Waals surface area contributed by atoms with Crippen molar-refractivity contribution in [1.29, 1.82) is 0 Å². The maximum Gasteiger partial charge on any atom is 0.451 e. The number of nitrogens with zero attached hydrogens (tertiary/aromatic N) is 3. The molecular formula is C9H7F3N4O2S2. The second-order valence-corrected chi connectivity index (χ2v) is 6.37. The Kier molecular flexibility index (Phi) is 3.65. The van der Waals surface area contributed by atoms with E-state index in [2.05, 4.69) is 14.3 Å². The van der Waals surface area contributed by atoms with Crippen molar-refractivity contribution in [2.24, 2.45) is 0 Å². The van der Waals surface area contributed by atoms with E-state index >= 15 is 0 Å². The van der Waals surface area contributed by atoms with Crippen molar-refractivity contribution in [3.8, 4) is 0 Å². The number of hydrogen-bond acceptors (Lipinski definition) is 6. The fraction of sp³-hybridized carbons (Fsp3) is 0.222. The zero-order valence-corrected chi connectivity index (χ0v) is 11.5. The smallest absolute Gasteiger partial charge is 0.263 e. The summed E-state index contributed by atoms with van der Waals surface area (Å²) in [4.78, 5) is 6.16. The SMILES string of the molecule is Cc1cc(S(=O)(=O)Nc2ccnc(C(F)(F)F)n2)sn1. The number of aryl methyl sites for hydroxylation is 1. The third-order valence-electron chi connectivity index (χ3n) is 2.02. The van der Waals surface area contributed by atoms with Crippen LogP contribution in [0, 0.1) is 6.92 Å². The highest BCUT2D eigenvalue weighted by molar-refractivity contribution is 7.94. The highest BCUT2D eigenvalue weighted by Gasteiger charge is 2.35. The molecule has 2 aromatic rings. The maximum atomic E-state index is 12.4. The quantitative estimate of drug-likeness (QED) is 0.934. The Labute approximate surface area is 115 Å². The first-order valence-corrected chi connectivity index (χ1v) is 7.30. The molecule has 0 amide bonds. The van der Waals surface area contributed by atoms with Gasteiger partial charge in [0.1, 0.15) is 5.82 Å². The van der Waals surface area contributed by atoms with E-state index < -0.39 is 27.8 Å². The first kappa shape index (κ1) is 14.7. The highest BCUT2D eigenvalue weighted by atomic mass is 32.2. The Morgan fingerprint density at radius 3 is 2.60 bits per heavy atom. The molecule has 11 heteroatoms. The third-order valence-corrected chi connectivity index (χ3v) is 4.70. The number of hydrogen-bond donors (Lipinski definition) is 1. The number of halogens is 3.